The average molecular weight is 951 g/mol. The normalized spacial score (nSPS) is 11.7. The number of fused-ring (bicyclic) bond motifs is 14. The van der Waals surface area contributed by atoms with Crippen LogP contribution in [0, 0.1) is 0 Å². The Bertz CT molecular complexity index is 4810. The molecule has 0 aliphatic heterocycles. The van der Waals surface area contributed by atoms with Crippen molar-refractivity contribution in [3.05, 3.63) is 279 Å². The maximum atomic E-state index is 6.55. The molecule has 0 unspecified atom stereocenters. The van der Waals surface area contributed by atoms with Crippen molar-refractivity contribution in [3.63, 3.8) is 0 Å². The predicted molar refractivity (Wildman–Crippen MR) is 322 cm³/mol. The van der Waals surface area contributed by atoms with Crippen LogP contribution in [-0.2, 0) is 0 Å². The summed E-state index contributed by atoms with van der Waals surface area (Å²) in [6.45, 7) is 0. The van der Waals surface area contributed by atoms with Crippen molar-refractivity contribution >= 4 is 108 Å². The standard InChI is InChI=1S/C38H24.C36H22O/c1-2-13-26(14-3-1)36-31-18-8-10-20-33(31)38(34-21-11-9-19-32(34)36)35-24-27-23-22-25-12-4-5-15-28(25)37(27)30-17-7-6-16-29(30)35;1-2-12-24(13-3-1)33-26-15-6-8-17-28(26)34(29-18-9-7-16-27(29)33)30-19-10-20-32-35(30)31-22-21-23-11-4-5-14-25(23)36(31)37-32/h1-24H;1-22H. The number of rotatable bonds is 4. The van der Waals surface area contributed by atoms with Crippen LogP contribution in [0.3, 0.4) is 0 Å². The molecule has 16 rings (SSSR count). The maximum absolute atomic E-state index is 6.55. The fraction of sp³-hybridized carbons (Fsp3) is 0. The lowest BCUT2D eigenvalue weighted by atomic mass is 9.83. The molecule has 0 fully saturated rings. The van der Waals surface area contributed by atoms with Crippen LogP contribution in [0.5, 0.6) is 0 Å². The van der Waals surface area contributed by atoms with Gasteiger partial charge in [0.1, 0.15) is 11.2 Å². The molecular formula is C74H46O. The first-order valence-corrected chi connectivity index (χ1v) is 25.9. The Labute approximate surface area is 433 Å². The first kappa shape index (κ1) is 42.8. The fourth-order valence-electron chi connectivity index (χ4n) is 12.5. The van der Waals surface area contributed by atoms with Gasteiger partial charge in [0.2, 0.25) is 0 Å². The molecule has 0 spiro atoms. The predicted octanol–water partition coefficient (Wildman–Crippen LogP) is 21.2. The molecular weight excluding hydrogens is 905 g/mol. The Morgan fingerprint density at radius 1 is 0.200 bits per heavy atom. The first-order chi connectivity index (χ1) is 37.3. The van der Waals surface area contributed by atoms with Gasteiger partial charge >= 0.3 is 0 Å². The summed E-state index contributed by atoms with van der Waals surface area (Å²) in [6.07, 6.45) is 0. The molecule has 0 aliphatic carbocycles. The summed E-state index contributed by atoms with van der Waals surface area (Å²) < 4.78 is 6.55. The van der Waals surface area contributed by atoms with Crippen molar-refractivity contribution in [1.29, 1.82) is 0 Å². The third-order valence-electron chi connectivity index (χ3n) is 15.7. The third kappa shape index (κ3) is 6.79. The van der Waals surface area contributed by atoms with E-state index in [1.807, 2.05) is 0 Å². The van der Waals surface area contributed by atoms with Crippen LogP contribution in [0.15, 0.2) is 283 Å². The molecule has 0 N–H and O–H groups in total. The Morgan fingerprint density at radius 2 is 0.587 bits per heavy atom. The van der Waals surface area contributed by atoms with Crippen LogP contribution < -0.4 is 0 Å². The Kier molecular flexibility index (Phi) is 9.96. The SMILES string of the molecule is c1ccc(-c2c3ccccc3c(-c3cc4ccc5ccccc5c4c4ccccc34)c3ccccc23)cc1.c1ccc(-c2c3ccccc3c(-c3cccc4oc5c6ccccc6ccc5c34)c3ccccc23)cc1. The van der Waals surface area contributed by atoms with Crippen LogP contribution in [0.25, 0.3) is 153 Å². The lowest BCUT2D eigenvalue weighted by Gasteiger charge is -2.20. The van der Waals surface area contributed by atoms with E-state index in [1.165, 1.54) is 131 Å². The molecule has 1 aromatic heterocycles. The molecule has 0 bridgehead atoms. The molecule has 1 heterocycles. The van der Waals surface area contributed by atoms with Gasteiger partial charge in [-0.05, 0) is 144 Å². The zero-order valence-electron chi connectivity index (χ0n) is 41.0. The summed E-state index contributed by atoms with van der Waals surface area (Å²) >= 11 is 0. The summed E-state index contributed by atoms with van der Waals surface area (Å²) in [5, 5.41) is 22.6. The molecule has 15 aromatic carbocycles. The van der Waals surface area contributed by atoms with Crippen LogP contribution in [0.1, 0.15) is 0 Å². The van der Waals surface area contributed by atoms with Gasteiger partial charge in [0.05, 0.1) is 0 Å². The lowest BCUT2D eigenvalue weighted by molar-refractivity contribution is 0.673. The van der Waals surface area contributed by atoms with E-state index >= 15 is 0 Å². The van der Waals surface area contributed by atoms with Crippen LogP contribution >= 0.6 is 0 Å². The van der Waals surface area contributed by atoms with Gasteiger partial charge in [0, 0.05) is 16.2 Å². The summed E-state index contributed by atoms with van der Waals surface area (Å²) in [6, 6.07) is 101. The quantitative estimate of drug-likeness (QED) is 0.127. The summed E-state index contributed by atoms with van der Waals surface area (Å²) in [4.78, 5) is 0. The molecule has 0 radical (unpaired) electrons. The van der Waals surface area contributed by atoms with Crippen molar-refractivity contribution in [2.45, 2.75) is 0 Å². The Morgan fingerprint density at radius 3 is 1.12 bits per heavy atom. The van der Waals surface area contributed by atoms with E-state index in [1.54, 1.807) is 0 Å². The topological polar surface area (TPSA) is 13.1 Å². The van der Waals surface area contributed by atoms with Gasteiger partial charge in [0.15, 0.2) is 0 Å². The third-order valence-corrected chi connectivity index (χ3v) is 15.7. The molecule has 0 aliphatic rings. The molecule has 348 valence electrons. The van der Waals surface area contributed by atoms with Crippen molar-refractivity contribution < 1.29 is 4.42 Å². The highest BCUT2D eigenvalue weighted by atomic mass is 16.3. The van der Waals surface area contributed by atoms with E-state index < -0.39 is 0 Å². The van der Waals surface area contributed by atoms with Gasteiger partial charge in [-0.25, -0.2) is 0 Å². The molecule has 0 atom stereocenters. The Balaban J connectivity index is 0.000000132. The minimum atomic E-state index is 0.921. The highest BCUT2D eigenvalue weighted by Gasteiger charge is 2.22. The largest absolute Gasteiger partial charge is 0.455 e. The maximum Gasteiger partial charge on any atom is 0.143 e. The van der Waals surface area contributed by atoms with E-state index in [-0.39, 0.29) is 0 Å². The van der Waals surface area contributed by atoms with Gasteiger partial charge in [-0.3, -0.25) is 0 Å². The number of hydrogen-bond acceptors (Lipinski definition) is 1. The van der Waals surface area contributed by atoms with Gasteiger partial charge in [0.25, 0.3) is 0 Å². The lowest BCUT2D eigenvalue weighted by Crippen LogP contribution is -1.92. The smallest absolute Gasteiger partial charge is 0.143 e. The van der Waals surface area contributed by atoms with E-state index in [2.05, 4.69) is 279 Å². The summed E-state index contributed by atoms with van der Waals surface area (Å²) in [5.41, 5.74) is 12.0. The fourth-order valence-corrected chi connectivity index (χ4v) is 12.5. The zero-order chi connectivity index (χ0) is 49.4. The highest BCUT2D eigenvalue weighted by Crippen LogP contribution is 2.49. The monoisotopic (exact) mass is 950 g/mol. The van der Waals surface area contributed by atoms with Crippen LogP contribution in [-0.4, -0.2) is 0 Å². The molecule has 0 saturated carbocycles. The molecule has 75 heavy (non-hydrogen) atoms. The minimum absolute atomic E-state index is 0.921. The van der Waals surface area contributed by atoms with Crippen molar-refractivity contribution in [2.24, 2.45) is 0 Å². The molecule has 1 heteroatoms. The first-order valence-electron chi connectivity index (χ1n) is 25.9. The minimum Gasteiger partial charge on any atom is -0.455 e. The Hall–Kier alpha value is -9.82. The van der Waals surface area contributed by atoms with E-state index in [9.17, 15) is 0 Å². The second-order valence-corrected chi connectivity index (χ2v) is 19.7. The van der Waals surface area contributed by atoms with E-state index in [0.29, 0.717) is 0 Å². The zero-order valence-corrected chi connectivity index (χ0v) is 41.0. The van der Waals surface area contributed by atoms with Gasteiger partial charge in [-0.2, -0.15) is 0 Å². The average Bonchev–Trinajstić information content (AvgIpc) is 3.88. The molecule has 0 amide bonds. The van der Waals surface area contributed by atoms with Gasteiger partial charge < -0.3 is 4.42 Å². The van der Waals surface area contributed by atoms with Gasteiger partial charge in [-0.15, -0.1) is 0 Å². The van der Waals surface area contributed by atoms with E-state index in [4.69, 9.17) is 4.42 Å². The van der Waals surface area contributed by atoms with E-state index in [0.717, 1.165) is 21.9 Å². The molecule has 0 saturated heterocycles. The van der Waals surface area contributed by atoms with Crippen molar-refractivity contribution in [3.8, 4) is 44.5 Å². The van der Waals surface area contributed by atoms with Crippen molar-refractivity contribution in [1.82, 2.24) is 0 Å². The van der Waals surface area contributed by atoms with Crippen LogP contribution in [0.2, 0.25) is 0 Å². The number of hydrogen-bond donors (Lipinski definition) is 0. The van der Waals surface area contributed by atoms with Gasteiger partial charge in [-0.1, -0.05) is 261 Å². The summed E-state index contributed by atoms with van der Waals surface area (Å²) in [5.74, 6) is 0. The second-order valence-electron chi connectivity index (χ2n) is 19.7. The van der Waals surface area contributed by atoms with Crippen molar-refractivity contribution in [2.75, 3.05) is 0 Å². The molecule has 16 aromatic rings. The van der Waals surface area contributed by atoms with Crippen LogP contribution in [0.4, 0.5) is 0 Å². The molecule has 1 nitrogen and oxygen atoms in total. The highest BCUT2D eigenvalue weighted by molar-refractivity contribution is 6.30. The number of furan rings is 1. The second kappa shape index (κ2) is 17.4. The summed E-state index contributed by atoms with van der Waals surface area (Å²) in [7, 11) is 0. The number of benzene rings is 15.